The number of aromatic nitrogens is 1. The molecule has 0 saturated heterocycles. The number of esters is 1. The van der Waals surface area contributed by atoms with Gasteiger partial charge in [-0.2, -0.15) is 0 Å². The van der Waals surface area contributed by atoms with Crippen LogP contribution < -0.4 is 5.73 Å². The maximum absolute atomic E-state index is 11.6. The fraction of sp³-hybridized carbons (Fsp3) is 0.429. The van der Waals surface area contributed by atoms with E-state index in [9.17, 15) is 4.79 Å². The molecule has 1 heterocycles. The summed E-state index contributed by atoms with van der Waals surface area (Å²) in [4.78, 5) is 15.9. The van der Waals surface area contributed by atoms with E-state index in [2.05, 4.69) is 11.1 Å². The second-order valence-corrected chi connectivity index (χ2v) is 4.40. The van der Waals surface area contributed by atoms with E-state index in [-0.39, 0.29) is 11.9 Å². The van der Waals surface area contributed by atoms with Crippen molar-refractivity contribution in [2.75, 3.05) is 12.3 Å². The number of pyridine rings is 1. The lowest BCUT2D eigenvalue weighted by molar-refractivity contribution is -0.148. The van der Waals surface area contributed by atoms with E-state index in [0.29, 0.717) is 12.4 Å². The van der Waals surface area contributed by atoms with Crippen LogP contribution in [-0.2, 0) is 9.53 Å². The number of nitrogen functional groups attached to an aromatic ring is 1. The predicted octanol–water partition coefficient (Wildman–Crippen LogP) is 2.41. The van der Waals surface area contributed by atoms with Gasteiger partial charge in [-0.05, 0) is 43.9 Å². The average molecular weight is 246 g/mol. The molecule has 0 fully saturated rings. The van der Waals surface area contributed by atoms with Crippen LogP contribution in [0.1, 0.15) is 31.9 Å². The average Bonchev–Trinajstić information content (AvgIpc) is 2.39. The van der Waals surface area contributed by atoms with E-state index in [0.717, 1.165) is 25.0 Å². The molecule has 2 rings (SSSR count). The van der Waals surface area contributed by atoms with Crippen LogP contribution in [0.4, 0.5) is 5.82 Å². The summed E-state index contributed by atoms with van der Waals surface area (Å²) in [5.74, 6) is 0.434. The minimum Gasteiger partial charge on any atom is -0.466 e. The molecule has 4 heteroatoms. The van der Waals surface area contributed by atoms with Crippen molar-refractivity contribution < 1.29 is 9.53 Å². The Morgan fingerprint density at radius 1 is 1.56 bits per heavy atom. The summed E-state index contributed by atoms with van der Waals surface area (Å²) in [6, 6.07) is 5.62. The molecule has 4 nitrogen and oxygen atoms in total. The molecule has 0 spiro atoms. The summed E-state index contributed by atoms with van der Waals surface area (Å²) in [5.41, 5.74) is 7.75. The second kappa shape index (κ2) is 5.67. The Balaban J connectivity index is 2.05. The summed E-state index contributed by atoms with van der Waals surface area (Å²) in [7, 11) is 0. The van der Waals surface area contributed by atoms with E-state index >= 15 is 0 Å². The molecule has 1 aromatic rings. The SMILES string of the molecule is CCOC(=O)[C@H]1CC=C(c2cccc(N)n2)CC1. The lowest BCUT2D eigenvalue weighted by Crippen LogP contribution is -2.19. The van der Waals surface area contributed by atoms with Gasteiger partial charge in [-0.25, -0.2) is 4.98 Å². The summed E-state index contributed by atoms with van der Waals surface area (Å²) < 4.78 is 5.04. The van der Waals surface area contributed by atoms with Gasteiger partial charge >= 0.3 is 5.97 Å². The molecule has 0 aliphatic heterocycles. The minimum atomic E-state index is -0.0895. The first kappa shape index (κ1) is 12.6. The van der Waals surface area contributed by atoms with Crippen LogP contribution in [-0.4, -0.2) is 17.6 Å². The van der Waals surface area contributed by atoms with Gasteiger partial charge in [0, 0.05) is 0 Å². The van der Waals surface area contributed by atoms with Crippen molar-refractivity contribution >= 4 is 17.4 Å². The van der Waals surface area contributed by atoms with Gasteiger partial charge in [0.1, 0.15) is 5.82 Å². The Hall–Kier alpha value is -1.84. The van der Waals surface area contributed by atoms with Crippen LogP contribution in [0.3, 0.4) is 0 Å². The number of anilines is 1. The Morgan fingerprint density at radius 2 is 2.39 bits per heavy atom. The third kappa shape index (κ3) is 2.88. The predicted molar refractivity (Wildman–Crippen MR) is 70.6 cm³/mol. The largest absolute Gasteiger partial charge is 0.466 e. The molecule has 18 heavy (non-hydrogen) atoms. The maximum Gasteiger partial charge on any atom is 0.309 e. The summed E-state index contributed by atoms with van der Waals surface area (Å²) in [6.45, 7) is 2.28. The van der Waals surface area contributed by atoms with Crippen molar-refractivity contribution in [2.45, 2.75) is 26.2 Å². The number of nitrogens with two attached hydrogens (primary N) is 1. The number of rotatable bonds is 3. The Kier molecular flexibility index (Phi) is 3.97. The Labute approximate surface area is 107 Å². The molecule has 1 aliphatic carbocycles. The van der Waals surface area contributed by atoms with Gasteiger partial charge in [-0.1, -0.05) is 12.1 Å². The zero-order valence-corrected chi connectivity index (χ0v) is 10.6. The summed E-state index contributed by atoms with van der Waals surface area (Å²) >= 11 is 0. The Bertz CT molecular complexity index is 469. The standard InChI is InChI=1S/C14H18N2O2/c1-2-18-14(17)11-8-6-10(7-9-11)12-4-3-5-13(15)16-12/h3-6,11H,2,7-9H2,1H3,(H2,15,16)/t11-/m0/s1. The van der Waals surface area contributed by atoms with Crippen LogP contribution in [0.25, 0.3) is 5.57 Å². The lowest BCUT2D eigenvalue weighted by Gasteiger charge is -2.20. The van der Waals surface area contributed by atoms with Crippen LogP contribution in [0.2, 0.25) is 0 Å². The molecule has 1 aromatic heterocycles. The highest BCUT2D eigenvalue weighted by atomic mass is 16.5. The van der Waals surface area contributed by atoms with E-state index in [1.165, 1.54) is 5.57 Å². The van der Waals surface area contributed by atoms with Gasteiger partial charge in [0.15, 0.2) is 0 Å². The smallest absolute Gasteiger partial charge is 0.309 e. The van der Waals surface area contributed by atoms with Crippen molar-refractivity contribution in [3.63, 3.8) is 0 Å². The molecule has 0 radical (unpaired) electrons. The molecule has 1 aliphatic rings. The third-order valence-electron chi connectivity index (χ3n) is 3.13. The normalized spacial score (nSPS) is 19.2. The summed E-state index contributed by atoms with van der Waals surface area (Å²) in [5, 5.41) is 0. The van der Waals surface area contributed by atoms with E-state index < -0.39 is 0 Å². The van der Waals surface area contributed by atoms with Gasteiger partial charge in [-0.15, -0.1) is 0 Å². The van der Waals surface area contributed by atoms with Crippen molar-refractivity contribution in [3.05, 3.63) is 30.0 Å². The van der Waals surface area contributed by atoms with Crippen LogP contribution in [0.15, 0.2) is 24.3 Å². The van der Waals surface area contributed by atoms with Crippen molar-refractivity contribution in [2.24, 2.45) is 5.92 Å². The van der Waals surface area contributed by atoms with Crippen LogP contribution in [0.5, 0.6) is 0 Å². The Morgan fingerprint density at radius 3 is 3.00 bits per heavy atom. The molecule has 96 valence electrons. The highest BCUT2D eigenvalue weighted by Gasteiger charge is 2.23. The van der Waals surface area contributed by atoms with Crippen LogP contribution in [0, 0.1) is 5.92 Å². The fourth-order valence-corrected chi connectivity index (χ4v) is 2.17. The number of allylic oxidation sites excluding steroid dienone is 2. The zero-order valence-electron chi connectivity index (χ0n) is 10.6. The molecule has 0 amide bonds. The minimum absolute atomic E-state index is 0.00485. The summed E-state index contributed by atoms with van der Waals surface area (Å²) in [6.07, 6.45) is 4.47. The number of nitrogens with zero attached hydrogens (tertiary/aromatic N) is 1. The first-order valence-corrected chi connectivity index (χ1v) is 6.29. The monoisotopic (exact) mass is 246 g/mol. The quantitative estimate of drug-likeness (QED) is 0.832. The van der Waals surface area contributed by atoms with Crippen molar-refractivity contribution in [1.29, 1.82) is 0 Å². The fourth-order valence-electron chi connectivity index (χ4n) is 2.17. The number of hydrogen-bond acceptors (Lipinski definition) is 4. The third-order valence-corrected chi connectivity index (χ3v) is 3.13. The number of carbonyl (C=O) groups is 1. The first-order chi connectivity index (χ1) is 8.70. The van der Waals surface area contributed by atoms with Gasteiger partial charge < -0.3 is 10.5 Å². The van der Waals surface area contributed by atoms with Gasteiger partial charge in [-0.3, -0.25) is 4.79 Å². The van der Waals surface area contributed by atoms with E-state index in [1.807, 2.05) is 19.1 Å². The van der Waals surface area contributed by atoms with E-state index in [4.69, 9.17) is 10.5 Å². The molecule has 0 unspecified atom stereocenters. The van der Waals surface area contributed by atoms with Gasteiger partial charge in [0.25, 0.3) is 0 Å². The lowest BCUT2D eigenvalue weighted by atomic mass is 9.88. The van der Waals surface area contributed by atoms with E-state index in [1.54, 1.807) is 6.07 Å². The number of hydrogen-bond donors (Lipinski definition) is 1. The second-order valence-electron chi connectivity index (χ2n) is 4.40. The van der Waals surface area contributed by atoms with Gasteiger partial charge in [0.05, 0.1) is 18.2 Å². The zero-order chi connectivity index (χ0) is 13.0. The molecular weight excluding hydrogens is 228 g/mol. The number of ether oxygens (including phenoxy) is 1. The van der Waals surface area contributed by atoms with Crippen molar-refractivity contribution in [3.8, 4) is 0 Å². The topological polar surface area (TPSA) is 65.2 Å². The molecule has 0 bridgehead atoms. The number of carbonyl (C=O) groups excluding carboxylic acids is 1. The first-order valence-electron chi connectivity index (χ1n) is 6.29. The van der Waals surface area contributed by atoms with Gasteiger partial charge in [0.2, 0.25) is 0 Å². The van der Waals surface area contributed by atoms with Crippen molar-refractivity contribution in [1.82, 2.24) is 4.98 Å². The molecule has 0 saturated carbocycles. The highest BCUT2D eigenvalue weighted by Crippen LogP contribution is 2.30. The molecular formula is C14H18N2O2. The van der Waals surface area contributed by atoms with Crippen LogP contribution >= 0.6 is 0 Å². The molecule has 1 atom stereocenters. The highest BCUT2D eigenvalue weighted by molar-refractivity contribution is 5.75. The molecule has 0 aromatic carbocycles. The molecule has 2 N–H and O–H groups in total. The maximum atomic E-state index is 11.6.